The molecule has 1 fully saturated rings. The average molecular weight is 430 g/mol. The quantitative estimate of drug-likeness (QED) is 0.735. The second kappa shape index (κ2) is 6.87. The smallest absolute Gasteiger partial charge is 0.325 e. The molecule has 0 aliphatic carbocycles. The van der Waals surface area contributed by atoms with Crippen LogP contribution in [0.15, 0.2) is 39.8 Å². The molecule has 0 radical (unpaired) electrons. The molecule has 0 saturated carbocycles. The molecule has 1 aliphatic heterocycles. The predicted molar refractivity (Wildman–Crippen MR) is 97.4 cm³/mol. The number of sulfonamides is 1. The zero-order valence-corrected chi connectivity index (χ0v) is 16.8. The van der Waals surface area contributed by atoms with E-state index < -0.39 is 33.3 Å². The number of amides is 3. The maximum absolute atomic E-state index is 13.3. The maximum Gasteiger partial charge on any atom is 0.325 e. The van der Waals surface area contributed by atoms with Gasteiger partial charge in [0.1, 0.15) is 17.1 Å². The molecule has 28 heavy (non-hydrogen) atoms. The maximum atomic E-state index is 13.3. The fourth-order valence-electron chi connectivity index (χ4n) is 2.84. The van der Waals surface area contributed by atoms with Gasteiger partial charge in [0.15, 0.2) is 0 Å². The van der Waals surface area contributed by atoms with E-state index in [2.05, 4.69) is 5.32 Å². The lowest BCUT2D eigenvalue weighted by atomic mass is 9.92. The minimum atomic E-state index is -3.78. The van der Waals surface area contributed by atoms with E-state index in [4.69, 9.17) is 16.0 Å². The van der Waals surface area contributed by atoms with Crippen LogP contribution < -0.4 is 5.32 Å². The number of hydrogen-bond acceptors (Lipinski definition) is 5. The summed E-state index contributed by atoms with van der Waals surface area (Å²) in [6, 6.07) is 5.43. The normalized spacial score (nSPS) is 20.1. The van der Waals surface area contributed by atoms with Crippen LogP contribution in [0.25, 0.3) is 0 Å². The Bertz CT molecular complexity index is 1070. The summed E-state index contributed by atoms with van der Waals surface area (Å²) in [5, 5.41) is 2.24. The number of benzene rings is 1. The van der Waals surface area contributed by atoms with Crippen LogP contribution in [-0.2, 0) is 26.9 Å². The number of nitrogens with one attached hydrogen (secondary N) is 1. The van der Waals surface area contributed by atoms with Gasteiger partial charge in [-0.2, -0.15) is 0 Å². The number of urea groups is 1. The summed E-state index contributed by atoms with van der Waals surface area (Å²) in [4.78, 5) is 26.2. The van der Waals surface area contributed by atoms with Crippen molar-refractivity contribution in [1.82, 2.24) is 14.5 Å². The van der Waals surface area contributed by atoms with Crippen LogP contribution in [0.5, 0.6) is 0 Å². The van der Waals surface area contributed by atoms with Crippen molar-refractivity contribution >= 4 is 33.6 Å². The van der Waals surface area contributed by atoms with Crippen molar-refractivity contribution in [3.8, 4) is 0 Å². The van der Waals surface area contributed by atoms with Crippen molar-refractivity contribution in [2.24, 2.45) is 0 Å². The number of rotatable bonds is 5. The fourth-order valence-corrected chi connectivity index (χ4v) is 4.00. The number of carbonyl (C=O) groups excluding carboxylic acids is 2. The minimum absolute atomic E-state index is 0.00430. The lowest BCUT2D eigenvalue weighted by Gasteiger charge is -2.23. The lowest BCUT2D eigenvalue weighted by molar-refractivity contribution is -0.131. The highest BCUT2D eigenvalue weighted by atomic mass is 35.5. The van der Waals surface area contributed by atoms with Crippen LogP contribution in [0.3, 0.4) is 0 Å². The number of halogens is 2. The standard InChI is InChI=1S/C17H17ClFN3O5S/c1-17(12-6-4-10(19)8-13(12)18)15(23)22(16(24)20-17)9-11-5-7-14(27-11)28(25,26)21(2)3/h4-8H,9H2,1-3H3,(H,20,24). The van der Waals surface area contributed by atoms with Gasteiger partial charge in [0.05, 0.1) is 6.54 Å². The third-order valence-electron chi connectivity index (χ3n) is 4.43. The van der Waals surface area contributed by atoms with Gasteiger partial charge in [0, 0.05) is 24.7 Å². The molecule has 0 spiro atoms. The first-order chi connectivity index (χ1) is 13.0. The Labute approximate surface area is 165 Å². The van der Waals surface area contributed by atoms with Crippen LogP contribution in [-0.4, -0.2) is 43.7 Å². The van der Waals surface area contributed by atoms with Crippen molar-refractivity contribution in [3.63, 3.8) is 0 Å². The first kappa shape index (κ1) is 20.3. The van der Waals surface area contributed by atoms with Crippen molar-refractivity contribution in [3.05, 3.63) is 52.5 Å². The lowest BCUT2D eigenvalue weighted by Crippen LogP contribution is -2.41. The Morgan fingerprint density at radius 3 is 2.54 bits per heavy atom. The number of carbonyl (C=O) groups is 2. The van der Waals surface area contributed by atoms with Gasteiger partial charge in [0.25, 0.3) is 15.9 Å². The van der Waals surface area contributed by atoms with Gasteiger partial charge in [-0.15, -0.1) is 0 Å². The first-order valence-electron chi connectivity index (χ1n) is 8.07. The molecule has 1 atom stereocenters. The SMILES string of the molecule is CN(C)S(=O)(=O)c1ccc(CN2C(=O)NC(C)(c3ccc(F)cc3Cl)C2=O)o1. The summed E-state index contributed by atoms with van der Waals surface area (Å²) < 4.78 is 43.8. The van der Waals surface area contributed by atoms with Gasteiger partial charge >= 0.3 is 6.03 Å². The van der Waals surface area contributed by atoms with E-state index >= 15 is 0 Å². The molecule has 1 aromatic heterocycles. The second-order valence-electron chi connectivity index (χ2n) is 6.58. The minimum Gasteiger partial charge on any atom is -0.446 e. The molecule has 2 heterocycles. The Morgan fingerprint density at radius 2 is 1.93 bits per heavy atom. The van der Waals surface area contributed by atoms with E-state index in [0.717, 1.165) is 21.3 Å². The van der Waals surface area contributed by atoms with Gasteiger partial charge in [-0.25, -0.2) is 21.9 Å². The Kier molecular flexibility index (Phi) is 4.98. The topological polar surface area (TPSA) is 99.9 Å². The van der Waals surface area contributed by atoms with E-state index in [9.17, 15) is 22.4 Å². The number of furan rings is 1. The summed E-state index contributed by atoms with van der Waals surface area (Å²) in [5.74, 6) is -1.09. The highest BCUT2D eigenvalue weighted by Gasteiger charge is 2.50. The summed E-state index contributed by atoms with van der Waals surface area (Å²) in [6.07, 6.45) is 0. The highest BCUT2D eigenvalue weighted by molar-refractivity contribution is 7.88. The van der Waals surface area contributed by atoms with Crippen molar-refractivity contribution in [1.29, 1.82) is 0 Å². The van der Waals surface area contributed by atoms with Crippen LogP contribution >= 0.6 is 11.6 Å². The molecule has 1 aromatic carbocycles. The van der Waals surface area contributed by atoms with E-state index in [-0.39, 0.29) is 28.0 Å². The number of hydrogen-bond donors (Lipinski definition) is 1. The van der Waals surface area contributed by atoms with Crippen molar-refractivity contribution in [2.75, 3.05) is 14.1 Å². The van der Waals surface area contributed by atoms with Crippen molar-refractivity contribution in [2.45, 2.75) is 24.1 Å². The molecule has 11 heteroatoms. The molecule has 1 saturated heterocycles. The van der Waals surface area contributed by atoms with Crippen LogP contribution in [0.4, 0.5) is 9.18 Å². The average Bonchev–Trinajstić information content (AvgIpc) is 3.15. The molecule has 8 nitrogen and oxygen atoms in total. The molecule has 1 N–H and O–H groups in total. The van der Waals surface area contributed by atoms with Crippen molar-refractivity contribution < 1.29 is 26.8 Å². The van der Waals surface area contributed by atoms with Crippen LogP contribution in [0.1, 0.15) is 18.2 Å². The Morgan fingerprint density at radius 1 is 1.25 bits per heavy atom. The van der Waals surface area contributed by atoms with Gasteiger partial charge in [-0.1, -0.05) is 17.7 Å². The number of imide groups is 1. The second-order valence-corrected chi connectivity index (χ2v) is 9.07. The van der Waals surface area contributed by atoms with Gasteiger partial charge in [-0.05, 0) is 31.2 Å². The summed E-state index contributed by atoms with van der Waals surface area (Å²) in [7, 11) is -1.07. The van der Waals surface area contributed by atoms with E-state index in [0.29, 0.717) is 0 Å². The molecule has 3 amide bonds. The molecule has 0 bridgehead atoms. The van der Waals surface area contributed by atoms with Gasteiger partial charge in [-0.3, -0.25) is 9.69 Å². The molecule has 1 aliphatic rings. The molecular weight excluding hydrogens is 413 g/mol. The fraction of sp³-hybridized carbons (Fsp3) is 0.294. The predicted octanol–water partition coefficient (Wildman–Crippen LogP) is 2.29. The third-order valence-corrected chi connectivity index (χ3v) is 6.43. The summed E-state index contributed by atoms with van der Waals surface area (Å²) in [6.45, 7) is 1.18. The van der Waals surface area contributed by atoms with Gasteiger partial charge in [0.2, 0.25) is 5.09 Å². The van der Waals surface area contributed by atoms with E-state index in [1.807, 2.05) is 0 Å². The Hall–Kier alpha value is -2.43. The first-order valence-corrected chi connectivity index (χ1v) is 9.89. The molecule has 2 aromatic rings. The van der Waals surface area contributed by atoms with E-state index in [1.54, 1.807) is 0 Å². The van der Waals surface area contributed by atoms with Gasteiger partial charge < -0.3 is 9.73 Å². The summed E-state index contributed by atoms with van der Waals surface area (Å²) in [5.41, 5.74) is -1.25. The molecule has 150 valence electrons. The summed E-state index contributed by atoms with van der Waals surface area (Å²) >= 11 is 6.05. The third kappa shape index (κ3) is 3.27. The molecular formula is C17H17ClFN3O5S. The molecule has 3 rings (SSSR count). The van der Waals surface area contributed by atoms with E-state index in [1.165, 1.54) is 39.2 Å². The Balaban J connectivity index is 1.88. The molecule has 1 unspecified atom stereocenters. The van der Waals surface area contributed by atoms with Crippen LogP contribution in [0, 0.1) is 5.82 Å². The highest BCUT2D eigenvalue weighted by Crippen LogP contribution is 2.34. The number of nitrogens with zero attached hydrogens (tertiary/aromatic N) is 2. The zero-order chi connectivity index (χ0) is 20.9. The monoisotopic (exact) mass is 429 g/mol. The largest absolute Gasteiger partial charge is 0.446 e. The van der Waals surface area contributed by atoms with Crippen LogP contribution in [0.2, 0.25) is 5.02 Å². The zero-order valence-electron chi connectivity index (χ0n) is 15.2.